The molecule has 4 rings (SSSR count). The molecule has 0 aliphatic carbocycles. The number of rotatable bonds is 5. The summed E-state index contributed by atoms with van der Waals surface area (Å²) in [5.74, 6) is 1.31. The lowest BCUT2D eigenvalue weighted by atomic mass is 10.2. The molecular formula is C19H16BrN7O. The molecule has 28 heavy (non-hydrogen) atoms. The third-order valence-electron chi connectivity index (χ3n) is 3.99. The topological polar surface area (TPSA) is 112 Å². The lowest BCUT2D eigenvalue weighted by Crippen LogP contribution is -2.10. The van der Waals surface area contributed by atoms with E-state index < -0.39 is 0 Å². The quantitative estimate of drug-likeness (QED) is 0.484. The number of aromatic nitrogens is 5. The Morgan fingerprint density at radius 2 is 1.93 bits per heavy atom. The Morgan fingerprint density at radius 3 is 2.79 bits per heavy atom. The van der Waals surface area contributed by atoms with Gasteiger partial charge in [-0.05, 0) is 36.8 Å². The third kappa shape index (κ3) is 3.99. The Morgan fingerprint density at radius 1 is 1.07 bits per heavy atom. The normalized spacial score (nSPS) is 10.8. The molecule has 0 saturated heterocycles. The van der Waals surface area contributed by atoms with Crippen LogP contribution in [0.5, 0.6) is 5.88 Å². The fourth-order valence-electron chi connectivity index (χ4n) is 2.65. The number of halogens is 1. The molecule has 9 heteroatoms. The lowest BCUT2D eigenvalue weighted by Gasteiger charge is -2.10. The van der Waals surface area contributed by atoms with E-state index in [1.54, 1.807) is 0 Å². The van der Waals surface area contributed by atoms with Crippen molar-refractivity contribution in [2.24, 2.45) is 0 Å². The Hall–Kier alpha value is -3.33. The molecule has 0 bridgehead atoms. The molecule has 3 N–H and O–H groups in total. The van der Waals surface area contributed by atoms with E-state index in [2.05, 4.69) is 46.2 Å². The molecule has 0 saturated carbocycles. The second-order valence-electron chi connectivity index (χ2n) is 6.00. The highest BCUT2D eigenvalue weighted by Gasteiger charge is 2.10. The molecule has 0 aliphatic heterocycles. The number of ether oxygens (including phenoxy) is 1. The third-order valence-corrected chi connectivity index (χ3v) is 4.48. The number of aryl methyl sites for hydroxylation is 1. The van der Waals surface area contributed by atoms with Crippen LogP contribution in [0.4, 0.5) is 17.6 Å². The fraction of sp³-hybridized carbons (Fsp3) is 0.105. The number of nitrogen functional groups attached to an aromatic ring is 1. The second-order valence-corrected chi connectivity index (χ2v) is 6.92. The first-order valence-corrected chi connectivity index (χ1v) is 9.24. The second kappa shape index (κ2) is 7.73. The van der Waals surface area contributed by atoms with Gasteiger partial charge in [-0.1, -0.05) is 34.1 Å². The van der Waals surface area contributed by atoms with Crippen molar-refractivity contribution >= 4 is 44.4 Å². The van der Waals surface area contributed by atoms with Gasteiger partial charge >= 0.3 is 0 Å². The molecule has 0 amide bonds. The van der Waals surface area contributed by atoms with Crippen LogP contribution in [0.15, 0.2) is 53.3 Å². The summed E-state index contributed by atoms with van der Waals surface area (Å²) >= 11 is 3.45. The molecule has 0 spiro atoms. The minimum Gasteiger partial charge on any atom is -0.469 e. The maximum absolute atomic E-state index is 5.84. The Kier molecular flexibility index (Phi) is 4.98. The zero-order valence-electron chi connectivity index (χ0n) is 14.9. The van der Waals surface area contributed by atoms with Gasteiger partial charge in [0.25, 0.3) is 0 Å². The average molecular weight is 438 g/mol. The molecule has 0 radical (unpaired) electrons. The molecule has 8 nitrogen and oxygen atoms in total. The molecule has 140 valence electrons. The minimum atomic E-state index is 0.0911. The van der Waals surface area contributed by atoms with Crippen molar-refractivity contribution in [2.75, 3.05) is 11.1 Å². The van der Waals surface area contributed by atoms with Gasteiger partial charge in [0, 0.05) is 10.2 Å². The molecule has 4 aromatic rings. The summed E-state index contributed by atoms with van der Waals surface area (Å²) in [6, 6.07) is 13.5. The first-order valence-electron chi connectivity index (χ1n) is 8.44. The summed E-state index contributed by atoms with van der Waals surface area (Å²) in [6.07, 6.45) is 1.46. The van der Waals surface area contributed by atoms with E-state index in [-0.39, 0.29) is 12.6 Å². The van der Waals surface area contributed by atoms with Crippen molar-refractivity contribution in [2.45, 2.75) is 13.5 Å². The Bertz CT molecular complexity index is 1150. The first kappa shape index (κ1) is 18.1. The highest BCUT2D eigenvalue weighted by Crippen LogP contribution is 2.25. The molecule has 2 heterocycles. The zero-order valence-corrected chi connectivity index (χ0v) is 16.5. The van der Waals surface area contributed by atoms with Gasteiger partial charge < -0.3 is 15.8 Å². The van der Waals surface area contributed by atoms with Gasteiger partial charge in [-0.25, -0.2) is 9.97 Å². The van der Waals surface area contributed by atoms with Crippen LogP contribution in [-0.2, 0) is 6.61 Å². The van der Waals surface area contributed by atoms with Crippen LogP contribution < -0.4 is 15.8 Å². The van der Waals surface area contributed by atoms with E-state index in [1.807, 2.05) is 49.4 Å². The van der Waals surface area contributed by atoms with Crippen molar-refractivity contribution in [3.8, 4) is 5.88 Å². The van der Waals surface area contributed by atoms with Gasteiger partial charge in [0.1, 0.15) is 12.9 Å². The maximum Gasteiger partial charge on any atom is 0.232 e. The monoisotopic (exact) mass is 437 g/mol. The Balaban J connectivity index is 1.57. The molecule has 0 unspecified atom stereocenters. The van der Waals surface area contributed by atoms with Gasteiger partial charge in [0.2, 0.25) is 17.8 Å². The number of para-hydroxylation sites is 1. The smallest absolute Gasteiger partial charge is 0.232 e. The summed E-state index contributed by atoms with van der Waals surface area (Å²) in [4.78, 5) is 21.1. The maximum atomic E-state index is 5.84. The van der Waals surface area contributed by atoms with Crippen molar-refractivity contribution in [1.82, 2.24) is 24.9 Å². The standard InChI is InChI=1S/C19H16BrN7O/c1-11-4-2-3-5-14(11)24-19-26-16(25-18(21)27-19)9-28-17-13-8-12(20)6-7-15(13)22-10-23-17/h2-8,10H,9H2,1H3,(H3,21,24,25,26,27). The molecule has 0 atom stereocenters. The van der Waals surface area contributed by atoms with Gasteiger partial charge in [0.05, 0.1) is 10.9 Å². The van der Waals surface area contributed by atoms with Crippen LogP contribution in [0.2, 0.25) is 0 Å². The predicted molar refractivity (Wildman–Crippen MR) is 110 cm³/mol. The predicted octanol–water partition coefficient (Wildman–Crippen LogP) is 3.79. The number of nitrogens with two attached hydrogens (primary N) is 1. The van der Waals surface area contributed by atoms with Gasteiger partial charge in [-0.15, -0.1) is 0 Å². The highest BCUT2D eigenvalue weighted by molar-refractivity contribution is 9.10. The van der Waals surface area contributed by atoms with Crippen LogP contribution >= 0.6 is 15.9 Å². The lowest BCUT2D eigenvalue weighted by molar-refractivity contribution is 0.287. The van der Waals surface area contributed by atoms with Crippen LogP contribution in [-0.4, -0.2) is 24.9 Å². The fourth-order valence-corrected chi connectivity index (χ4v) is 3.01. The number of nitrogens with one attached hydrogen (secondary N) is 1. The number of benzene rings is 2. The minimum absolute atomic E-state index is 0.0911. The molecule has 0 aliphatic rings. The van der Waals surface area contributed by atoms with Crippen molar-refractivity contribution in [3.05, 3.63) is 64.7 Å². The molecule has 2 aromatic carbocycles. The van der Waals surface area contributed by atoms with E-state index in [0.29, 0.717) is 17.7 Å². The van der Waals surface area contributed by atoms with Crippen LogP contribution in [0.25, 0.3) is 10.9 Å². The summed E-state index contributed by atoms with van der Waals surface area (Å²) in [7, 11) is 0. The van der Waals surface area contributed by atoms with Crippen molar-refractivity contribution in [3.63, 3.8) is 0 Å². The summed E-state index contributed by atoms with van der Waals surface area (Å²) in [5.41, 5.74) is 8.59. The van der Waals surface area contributed by atoms with Crippen molar-refractivity contribution < 1.29 is 4.74 Å². The number of hydrogen-bond donors (Lipinski definition) is 2. The van der Waals surface area contributed by atoms with E-state index in [0.717, 1.165) is 26.6 Å². The van der Waals surface area contributed by atoms with E-state index in [1.165, 1.54) is 6.33 Å². The highest BCUT2D eigenvalue weighted by atomic mass is 79.9. The Labute approximate surface area is 169 Å². The largest absolute Gasteiger partial charge is 0.469 e. The number of fused-ring (bicyclic) bond motifs is 1. The first-order chi connectivity index (χ1) is 13.6. The van der Waals surface area contributed by atoms with Gasteiger partial charge in [-0.2, -0.15) is 15.0 Å². The molecule has 2 aromatic heterocycles. The summed E-state index contributed by atoms with van der Waals surface area (Å²) in [6.45, 7) is 2.09. The summed E-state index contributed by atoms with van der Waals surface area (Å²) in [5, 5.41) is 3.95. The van der Waals surface area contributed by atoms with E-state index >= 15 is 0 Å². The summed E-state index contributed by atoms with van der Waals surface area (Å²) < 4.78 is 6.75. The van der Waals surface area contributed by atoms with Crippen LogP contribution in [0.1, 0.15) is 11.4 Å². The molecule has 0 fully saturated rings. The van der Waals surface area contributed by atoms with Crippen LogP contribution in [0, 0.1) is 6.92 Å². The number of hydrogen-bond acceptors (Lipinski definition) is 8. The van der Waals surface area contributed by atoms with Gasteiger partial charge in [0.15, 0.2) is 5.82 Å². The average Bonchev–Trinajstić information content (AvgIpc) is 2.68. The number of anilines is 3. The number of nitrogens with zero attached hydrogens (tertiary/aromatic N) is 5. The molecular weight excluding hydrogens is 422 g/mol. The zero-order chi connectivity index (χ0) is 19.5. The van der Waals surface area contributed by atoms with Gasteiger partial charge in [-0.3, -0.25) is 0 Å². The van der Waals surface area contributed by atoms with Crippen LogP contribution in [0.3, 0.4) is 0 Å². The van der Waals surface area contributed by atoms with Crippen molar-refractivity contribution in [1.29, 1.82) is 0 Å². The van der Waals surface area contributed by atoms with E-state index in [4.69, 9.17) is 10.5 Å². The SMILES string of the molecule is Cc1ccccc1Nc1nc(N)nc(COc2ncnc3ccc(Br)cc23)n1. The van der Waals surface area contributed by atoms with E-state index in [9.17, 15) is 0 Å².